The van der Waals surface area contributed by atoms with Crippen LogP contribution in [-0.4, -0.2) is 32.2 Å². The van der Waals surface area contributed by atoms with Gasteiger partial charge in [-0.15, -0.1) is 0 Å². The first kappa shape index (κ1) is 21.4. The summed E-state index contributed by atoms with van der Waals surface area (Å²) in [5.41, 5.74) is 3.84. The summed E-state index contributed by atoms with van der Waals surface area (Å²) in [6.07, 6.45) is 2.35. The molecule has 0 saturated heterocycles. The maximum absolute atomic E-state index is 11.9. The molecule has 0 unspecified atom stereocenters. The second-order valence-corrected chi connectivity index (χ2v) is 6.73. The Morgan fingerprint density at radius 3 is 2.43 bits per heavy atom. The number of halogens is 1. The number of carbonyl (C=O) groups excluding carboxylic acids is 2. The molecule has 2 aromatic carbocycles. The second-order valence-electron chi connectivity index (χ2n) is 5.81. The largest absolute Gasteiger partial charge is 0.497 e. The number of carbonyl (C=O) groups is 2. The zero-order valence-electron chi connectivity index (χ0n) is 15.7. The van der Waals surface area contributed by atoms with E-state index in [4.69, 9.17) is 9.47 Å². The highest BCUT2D eigenvalue weighted by Crippen LogP contribution is 2.22. The number of hydrogen-bond donors (Lipinski definition) is 2. The van der Waals surface area contributed by atoms with Crippen LogP contribution in [0.1, 0.15) is 24.8 Å². The lowest BCUT2D eigenvalue weighted by Crippen LogP contribution is -2.18. The van der Waals surface area contributed by atoms with E-state index in [2.05, 4.69) is 31.8 Å². The van der Waals surface area contributed by atoms with Gasteiger partial charge in [-0.25, -0.2) is 5.43 Å². The van der Waals surface area contributed by atoms with Gasteiger partial charge in [-0.3, -0.25) is 9.59 Å². The van der Waals surface area contributed by atoms with Gasteiger partial charge in [-0.05, 0) is 48.9 Å². The highest BCUT2D eigenvalue weighted by atomic mass is 79.9. The number of rotatable bonds is 9. The SMILES string of the molecule is COc1ccc(OC)c(/C=N\NC(=O)CCCC(=O)Nc2ccc(Br)cc2)c1. The van der Waals surface area contributed by atoms with Crippen molar-refractivity contribution in [2.24, 2.45) is 5.10 Å². The molecule has 0 aliphatic heterocycles. The zero-order valence-corrected chi connectivity index (χ0v) is 17.3. The summed E-state index contributed by atoms with van der Waals surface area (Å²) in [5.74, 6) is 0.864. The average Bonchev–Trinajstić information content (AvgIpc) is 2.69. The van der Waals surface area contributed by atoms with E-state index in [0.29, 0.717) is 23.5 Å². The molecule has 8 heteroatoms. The number of nitrogens with zero attached hydrogens (tertiary/aromatic N) is 1. The first-order valence-corrected chi connectivity index (χ1v) is 9.40. The third-order valence-electron chi connectivity index (χ3n) is 3.77. The van der Waals surface area contributed by atoms with Gasteiger partial charge >= 0.3 is 0 Å². The Morgan fingerprint density at radius 1 is 1.04 bits per heavy atom. The minimum Gasteiger partial charge on any atom is -0.497 e. The highest BCUT2D eigenvalue weighted by Gasteiger charge is 2.06. The van der Waals surface area contributed by atoms with Crippen molar-refractivity contribution in [2.75, 3.05) is 19.5 Å². The van der Waals surface area contributed by atoms with Crippen molar-refractivity contribution in [1.82, 2.24) is 5.43 Å². The Hall–Kier alpha value is -2.87. The molecule has 0 spiro atoms. The van der Waals surface area contributed by atoms with E-state index in [0.717, 1.165) is 10.2 Å². The van der Waals surface area contributed by atoms with E-state index >= 15 is 0 Å². The Morgan fingerprint density at radius 2 is 1.75 bits per heavy atom. The molecule has 0 aromatic heterocycles. The first-order chi connectivity index (χ1) is 13.5. The van der Waals surface area contributed by atoms with E-state index in [1.54, 1.807) is 44.6 Å². The topological polar surface area (TPSA) is 89.0 Å². The summed E-state index contributed by atoms with van der Waals surface area (Å²) in [5, 5.41) is 6.72. The standard InChI is InChI=1S/C20H22BrN3O4/c1-27-17-10-11-18(28-2)14(12-17)13-22-24-20(26)5-3-4-19(25)23-16-8-6-15(21)7-9-16/h6-13H,3-5H2,1-2H3,(H,23,25)(H,24,26)/b22-13-. The predicted octanol–water partition coefficient (Wildman–Crippen LogP) is 3.73. The molecule has 0 bridgehead atoms. The molecular formula is C20H22BrN3O4. The molecule has 7 nitrogen and oxygen atoms in total. The van der Waals surface area contributed by atoms with Crippen molar-refractivity contribution in [1.29, 1.82) is 0 Å². The molecule has 0 atom stereocenters. The summed E-state index contributed by atoms with van der Waals surface area (Å²) >= 11 is 3.34. The Labute approximate surface area is 172 Å². The van der Waals surface area contributed by atoms with Crippen LogP contribution in [0.25, 0.3) is 0 Å². The van der Waals surface area contributed by atoms with E-state index in [9.17, 15) is 9.59 Å². The molecular weight excluding hydrogens is 426 g/mol. The molecule has 148 valence electrons. The lowest BCUT2D eigenvalue weighted by molar-refractivity contribution is -0.121. The van der Waals surface area contributed by atoms with Crippen molar-refractivity contribution < 1.29 is 19.1 Å². The number of benzene rings is 2. The van der Waals surface area contributed by atoms with Crippen LogP contribution >= 0.6 is 15.9 Å². The van der Waals surface area contributed by atoms with Crippen molar-refractivity contribution in [3.63, 3.8) is 0 Å². The number of hydrogen-bond acceptors (Lipinski definition) is 5. The third kappa shape index (κ3) is 7.03. The fourth-order valence-corrected chi connectivity index (χ4v) is 2.60. The summed E-state index contributed by atoms with van der Waals surface area (Å²) in [4.78, 5) is 23.8. The van der Waals surface area contributed by atoms with E-state index < -0.39 is 0 Å². The maximum Gasteiger partial charge on any atom is 0.240 e. The molecule has 0 heterocycles. The van der Waals surface area contributed by atoms with E-state index in [-0.39, 0.29) is 24.7 Å². The molecule has 0 saturated carbocycles. The van der Waals surface area contributed by atoms with Crippen LogP contribution < -0.4 is 20.2 Å². The van der Waals surface area contributed by atoms with Crippen LogP contribution in [0.4, 0.5) is 5.69 Å². The van der Waals surface area contributed by atoms with Crippen molar-refractivity contribution in [2.45, 2.75) is 19.3 Å². The predicted molar refractivity (Wildman–Crippen MR) is 112 cm³/mol. The number of amides is 2. The van der Waals surface area contributed by atoms with Crippen molar-refractivity contribution >= 4 is 39.6 Å². The monoisotopic (exact) mass is 447 g/mol. The Balaban J connectivity index is 1.74. The van der Waals surface area contributed by atoms with Gasteiger partial charge in [-0.1, -0.05) is 15.9 Å². The fraction of sp³-hybridized carbons (Fsp3) is 0.250. The third-order valence-corrected chi connectivity index (χ3v) is 4.29. The smallest absolute Gasteiger partial charge is 0.240 e. The number of methoxy groups -OCH3 is 2. The van der Waals surface area contributed by atoms with Gasteiger partial charge in [0.25, 0.3) is 0 Å². The van der Waals surface area contributed by atoms with Gasteiger partial charge < -0.3 is 14.8 Å². The normalized spacial score (nSPS) is 10.5. The van der Waals surface area contributed by atoms with Gasteiger partial charge in [-0.2, -0.15) is 5.10 Å². The van der Waals surface area contributed by atoms with Gasteiger partial charge in [0.2, 0.25) is 11.8 Å². The minimum absolute atomic E-state index is 0.139. The fourth-order valence-electron chi connectivity index (χ4n) is 2.34. The van der Waals surface area contributed by atoms with Gasteiger partial charge in [0.05, 0.1) is 20.4 Å². The van der Waals surface area contributed by atoms with Crippen molar-refractivity contribution in [3.8, 4) is 11.5 Å². The quantitative estimate of drug-likeness (QED) is 0.452. The Kier molecular flexibility index (Phi) is 8.48. The van der Waals surface area contributed by atoms with Crippen LogP contribution in [0.3, 0.4) is 0 Å². The molecule has 0 fully saturated rings. The molecule has 2 aromatic rings. The van der Waals surface area contributed by atoms with Crippen LogP contribution in [0, 0.1) is 0 Å². The van der Waals surface area contributed by atoms with Gasteiger partial charge in [0.15, 0.2) is 0 Å². The maximum atomic E-state index is 11.9. The van der Waals surface area contributed by atoms with Crippen molar-refractivity contribution in [3.05, 3.63) is 52.5 Å². The van der Waals surface area contributed by atoms with Gasteiger partial charge in [0.1, 0.15) is 11.5 Å². The molecule has 0 aliphatic rings. The van der Waals surface area contributed by atoms with Gasteiger partial charge in [0, 0.05) is 28.6 Å². The number of hydrazone groups is 1. The summed E-state index contributed by atoms with van der Waals surface area (Å²) in [7, 11) is 3.12. The molecule has 2 amide bonds. The number of anilines is 1. The zero-order chi connectivity index (χ0) is 20.4. The van der Waals surface area contributed by atoms with Crippen LogP contribution in [0.2, 0.25) is 0 Å². The van der Waals surface area contributed by atoms with E-state index in [1.165, 1.54) is 6.21 Å². The number of ether oxygens (including phenoxy) is 2. The molecule has 28 heavy (non-hydrogen) atoms. The summed E-state index contributed by atoms with van der Waals surface area (Å²) in [6.45, 7) is 0. The van der Waals surface area contributed by atoms with Crippen LogP contribution in [-0.2, 0) is 9.59 Å². The molecule has 2 rings (SSSR count). The first-order valence-electron chi connectivity index (χ1n) is 8.61. The lowest BCUT2D eigenvalue weighted by atomic mass is 10.2. The Bertz CT molecular complexity index is 838. The van der Waals surface area contributed by atoms with Crippen LogP contribution in [0.5, 0.6) is 11.5 Å². The number of nitrogens with one attached hydrogen (secondary N) is 2. The summed E-state index contributed by atoms with van der Waals surface area (Å²) < 4.78 is 11.3. The average molecular weight is 448 g/mol. The van der Waals surface area contributed by atoms with Crippen LogP contribution in [0.15, 0.2) is 52.0 Å². The lowest BCUT2D eigenvalue weighted by Gasteiger charge is -2.07. The van der Waals surface area contributed by atoms with E-state index in [1.807, 2.05) is 12.1 Å². The second kappa shape index (κ2) is 11.1. The summed E-state index contributed by atoms with van der Waals surface area (Å²) in [6, 6.07) is 12.6. The molecule has 0 radical (unpaired) electrons. The molecule has 2 N–H and O–H groups in total. The highest BCUT2D eigenvalue weighted by molar-refractivity contribution is 9.10. The molecule has 0 aliphatic carbocycles. The minimum atomic E-state index is -0.269.